The smallest absolute Gasteiger partial charge is 0.242 e. The van der Waals surface area contributed by atoms with Gasteiger partial charge in [0, 0.05) is 86.3 Å². The van der Waals surface area contributed by atoms with E-state index in [0.29, 0.717) is 5.92 Å². The molecule has 4 amide bonds. The quantitative estimate of drug-likeness (QED) is 0.319. The van der Waals surface area contributed by atoms with Crippen LogP contribution in [0.25, 0.3) is 0 Å². The maximum Gasteiger partial charge on any atom is 0.242 e. The van der Waals surface area contributed by atoms with E-state index < -0.39 is 0 Å². The van der Waals surface area contributed by atoms with Gasteiger partial charge in [0.25, 0.3) is 0 Å². The topological polar surface area (TPSA) is 131 Å². The largest absolute Gasteiger partial charge is 0.343 e. The molecule has 0 spiro atoms. The third-order valence-corrected chi connectivity index (χ3v) is 7.53. The summed E-state index contributed by atoms with van der Waals surface area (Å²) in [5.74, 6) is 1.42. The number of carbonyl (C=O) groups is 6. The fourth-order valence-corrected chi connectivity index (χ4v) is 4.75. The number of piperazine rings is 1. The molecule has 4 aliphatic heterocycles. The van der Waals surface area contributed by atoms with Crippen LogP contribution < -0.4 is 0 Å². The second-order valence-corrected chi connectivity index (χ2v) is 12.8. The molecule has 0 aromatic rings. The fourth-order valence-electron chi connectivity index (χ4n) is 4.75. The number of aliphatic imine (C=N–C) groups is 1. The summed E-state index contributed by atoms with van der Waals surface area (Å²) in [6.45, 7) is 30.5. The Bertz CT molecular complexity index is 926. The van der Waals surface area contributed by atoms with Gasteiger partial charge in [-0.1, -0.05) is 27.7 Å². The molecule has 0 bridgehead atoms. The first kappa shape index (κ1) is 54.8. The fraction of sp³-hybridized carbons (Fsp3) is 0.821. The van der Waals surface area contributed by atoms with Crippen LogP contribution in [0.5, 0.6) is 0 Å². The van der Waals surface area contributed by atoms with E-state index in [-0.39, 0.29) is 35.2 Å². The van der Waals surface area contributed by atoms with Crippen LogP contribution in [0.2, 0.25) is 0 Å². The zero-order valence-corrected chi connectivity index (χ0v) is 35.3. The molecule has 0 radical (unpaired) electrons. The van der Waals surface area contributed by atoms with Crippen molar-refractivity contribution in [2.24, 2.45) is 10.9 Å². The molecule has 300 valence electrons. The Labute approximate surface area is 312 Å². The summed E-state index contributed by atoms with van der Waals surface area (Å²) in [5, 5.41) is 0. The van der Waals surface area contributed by atoms with Crippen LogP contribution in [0, 0.1) is 5.92 Å². The summed E-state index contributed by atoms with van der Waals surface area (Å²) in [6.07, 6.45) is 10.2. The molecule has 4 rings (SSSR count). The standard InChI is InChI=1S/C9H16N2O.C7H14N2O.C7H13NO.C6H11NO.2C3H6O.2C2H6/c1-8(12)10-7-9-3-5-11(2)6-4-9;1-7(10)9-5-3-8(2)4-6-9;1-7(9)8-5-3-2-4-6-8;1-6(8)7-4-2-3-5-7;2*1-3(2)4;2*1-2/h7,9H,3-6H2,1-2H3;3-6H2,1-2H3;2-6H2,1H3;2-5H2,1H3;2*1-2H3;2*1-2H3. The Hall–Kier alpha value is -2.99. The van der Waals surface area contributed by atoms with Gasteiger partial charge in [0.05, 0.1) is 0 Å². The van der Waals surface area contributed by atoms with Gasteiger partial charge in [0.2, 0.25) is 23.6 Å². The Morgan fingerprint density at radius 1 is 0.451 bits per heavy atom. The van der Waals surface area contributed by atoms with Crippen molar-refractivity contribution in [3.05, 3.63) is 0 Å². The number of amides is 4. The van der Waals surface area contributed by atoms with Gasteiger partial charge in [-0.3, -0.25) is 19.2 Å². The highest BCUT2D eigenvalue weighted by Gasteiger charge is 2.16. The Morgan fingerprint density at radius 2 is 0.725 bits per heavy atom. The van der Waals surface area contributed by atoms with Crippen LogP contribution in [-0.4, -0.2) is 145 Å². The van der Waals surface area contributed by atoms with E-state index in [9.17, 15) is 28.8 Å². The first-order valence-corrected chi connectivity index (χ1v) is 19.1. The summed E-state index contributed by atoms with van der Waals surface area (Å²) in [4.78, 5) is 75.6. The maximum absolute atomic E-state index is 10.8. The number of likely N-dealkylation sites (N-methyl/N-ethyl adjacent to an activating group) is 1. The Morgan fingerprint density at radius 3 is 1.00 bits per heavy atom. The minimum absolute atomic E-state index is 0.0890. The lowest BCUT2D eigenvalue weighted by molar-refractivity contribution is -0.130. The molecule has 0 N–H and O–H groups in total. The molecule has 0 aromatic heterocycles. The molecule has 0 atom stereocenters. The van der Waals surface area contributed by atoms with Crippen molar-refractivity contribution in [2.45, 2.75) is 128 Å². The number of Topliss-reactive ketones (excluding diaryl/α,β-unsaturated/α-hetero) is 2. The first-order valence-electron chi connectivity index (χ1n) is 19.1. The summed E-state index contributed by atoms with van der Waals surface area (Å²) in [5.41, 5.74) is 0. The molecule has 51 heavy (non-hydrogen) atoms. The van der Waals surface area contributed by atoms with Gasteiger partial charge in [-0.2, -0.15) is 0 Å². The maximum atomic E-state index is 10.8. The van der Waals surface area contributed by atoms with Gasteiger partial charge in [0.1, 0.15) is 11.6 Å². The normalized spacial score (nSPS) is 17.1. The molecule has 12 heteroatoms. The van der Waals surface area contributed by atoms with Crippen molar-refractivity contribution >= 4 is 41.4 Å². The molecule has 0 aliphatic carbocycles. The third-order valence-electron chi connectivity index (χ3n) is 7.53. The Balaban J connectivity index is -0.000000263. The van der Waals surface area contributed by atoms with Crippen LogP contribution >= 0.6 is 0 Å². The number of carbonyl (C=O) groups excluding carboxylic acids is 6. The van der Waals surface area contributed by atoms with Crippen molar-refractivity contribution in [1.82, 2.24) is 24.5 Å². The predicted octanol–water partition coefficient (Wildman–Crippen LogP) is 5.62. The zero-order valence-electron chi connectivity index (χ0n) is 35.3. The van der Waals surface area contributed by atoms with Crippen LogP contribution in [0.3, 0.4) is 0 Å². The highest BCUT2D eigenvalue weighted by atomic mass is 16.2. The number of hydrogen-bond donors (Lipinski definition) is 0. The SMILES string of the molecule is CC.CC.CC(=O)N1CCCC1.CC(=O)N1CCCCC1.CC(=O)N1CCN(C)CC1.CC(=O)N=CC1CCN(C)CC1.CC(C)=O.CC(C)=O. The molecular weight excluding hydrogens is 648 g/mol. The molecule has 12 nitrogen and oxygen atoms in total. The van der Waals surface area contributed by atoms with Crippen molar-refractivity contribution in [2.75, 3.05) is 79.5 Å². The van der Waals surface area contributed by atoms with E-state index in [2.05, 4.69) is 28.9 Å². The van der Waals surface area contributed by atoms with E-state index in [1.165, 1.54) is 66.7 Å². The zero-order chi connectivity index (χ0) is 40.4. The molecule has 0 aromatic carbocycles. The molecule has 4 aliphatic rings. The van der Waals surface area contributed by atoms with Crippen molar-refractivity contribution in [1.29, 1.82) is 0 Å². The van der Waals surface area contributed by atoms with Gasteiger partial charge in [-0.25, -0.2) is 4.99 Å². The van der Waals surface area contributed by atoms with Gasteiger partial charge < -0.3 is 34.1 Å². The summed E-state index contributed by atoms with van der Waals surface area (Å²) in [6, 6.07) is 0. The molecule has 0 unspecified atom stereocenters. The van der Waals surface area contributed by atoms with E-state index in [4.69, 9.17) is 0 Å². The molecule has 4 heterocycles. The average molecular weight is 727 g/mol. The highest BCUT2D eigenvalue weighted by molar-refractivity contribution is 5.83. The summed E-state index contributed by atoms with van der Waals surface area (Å²) in [7, 11) is 4.20. The number of ketones is 2. The van der Waals surface area contributed by atoms with Gasteiger partial charge in [-0.15, -0.1) is 0 Å². The van der Waals surface area contributed by atoms with Gasteiger partial charge >= 0.3 is 0 Å². The number of likely N-dealkylation sites (tertiary alicyclic amines) is 3. The second-order valence-electron chi connectivity index (χ2n) is 12.8. The van der Waals surface area contributed by atoms with Gasteiger partial charge in [-0.05, 0) is 106 Å². The van der Waals surface area contributed by atoms with Crippen molar-refractivity contribution in [3.8, 4) is 0 Å². The van der Waals surface area contributed by atoms with E-state index in [1.54, 1.807) is 20.8 Å². The molecular formula is C39H78N6O6. The molecule has 0 saturated carbocycles. The number of piperidine rings is 2. The summed E-state index contributed by atoms with van der Waals surface area (Å²) >= 11 is 0. The van der Waals surface area contributed by atoms with Crippen LogP contribution in [0.15, 0.2) is 4.99 Å². The highest BCUT2D eigenvalue weighted by Crippen LogP contribution is 2.13. The van der Waals surface area contributed by atoms with Crippen LogP contribution in [-0.2, 0) is 28.8 Å². The molecule has 4 saturated heterocycles. The minimum atomic E-state index is -0.0890. The van der Waals surface area contributed by atoms with E-state index in [1.807, 2.05) is 48.6 Å². The number of nitrogens with zero attached hydrogens (tertiary/aromatic N) is 6. The van der Waals surface area contributed by atoms with Crippen LogP contribution in [0.4, 0.5) is 0 Å². The van der Waals surface area contributed by atoms with Gasteiger partial charge in [0.15, 0.2) is 0 Å². The third kappa shape index (κ3) is 39.6. The predicted molar refractivity (Wildman–Crippen MR) is 212 cm³/mol. The number of rotatable bonds is 1. The van der Waals surface area contributed by atoms with E-state index in [0.717, 1.165) is 78.3 Å². The average Bonchev–Trinajstić information content (AvgIpc) is 3.63. The van der Waals surface area contributed by atoms with E-state index >= 15 is 0 Å². The summed E-state index contributed by atoms with van der Waals surface area (Å²) < 4.78 is 0. The second kappa shape index (κ2) is 36.8. The van der Waals surface area contributed by atoms with Crippen molar-refractivity contribution in [3.63, 3.8) is 0 Å². The van der Waals surface area contributed by atoms with Crippen molar-refractivity contribution < 1.29 is 28.8 Å². The molecule has 4 fully saturated rings. The van der Waals surface area contributed by atoms with Crippen LogP contribution in [0.1, 0.15) is 128 Å². The number of hydrogen-bond acceptors (Lipinski definition) is 8. The first-order chi connectivity index (χ1) is 24.0. The Kier molecular flexibility index (Phi) is 39.5. The monoisotopic (exact) mass is 727 g/mol. The lowest BCUT2D eigenvalue weighted by Crippen LogP contribution is -2.46. The lowest BCUT2D eigenvalue weighted by atomic mass is 9.99. The minimum Gasteiger partial charge on any atom is -0.343 e. The lowest BCUT2D eigenvalue weighted by Gasteiger charge is -2.31.